The molecule has 21 heavy (non-hydrogen) atoms. The molecule has 0 unspecified atom stereocenters. The zero-order chi connectivity index (χ0) is 15.2. The Kier molecular flexibility index (Phi) is 4.89. The average Bonchev–Trinajstić information content (AvgIpc) is 2.85. The van der Waals surface area contributed by atoms with Crippen LogP contribution < -0.4 is 10.2 Å². The fourth-order valence-electron chi connectivity index (χ4n) is 2.07. The van der Waals surface area contributed by atoms with Crippen molar-refractivity contribution in [2.75, 3.05) is 30.0 Å². The molecule has 2 rings (SSSR count). The van der Waals surface area contributed by atoms with Gasteiger partial charge in [-0.15, -0.1) is 0 Å². The van der Waals surface area contributed by atoms with E-state index in [1.165, 1.54) is 0 Å². The van der Waals surface area contributed by atoms with E-state index in [1.807, 2.05) is 0 Å². The van der Waals surface area contributed by atoms with Gasteiger partial charge in [0.05, 0.1) is 0 Å². The number of nitrogens with zero attached hydrogens (tertiary/aromatic N) is 1. The smallest absolute Gasteiger partial charge is 0.329 e. The van der Waals surface area contributed by atoms with Crippen LogP contribution in [0.15, 0.2) is 24.3 Å². The lowest BCUT2D eigenvalue weighted by Crippen LogP contribution is -2.23. The van der Waals surface area contributed by atoms with Crippen LogP contribution in [0.3, 0.4) is 0 Å². The molecule has 0 aliphatic carbocycles. The summed E-state index contributed by atoms with van der Waals surface area (Å²) in [6, 6.07) is 6.90. The molecule has 1 aliphatic rings. The number of anilines is 2. The number of hydrogen-bond acceptors (Lipinski definition) is 4. The van der Waals surface area contributed by atoms with E-state index in [0.29, 0.717) is 18.7 Å². The molecular weight excluding hydrogens is 276 g/mol. The number of aliphatic carboxylic acids is 1. The second kappa shape index (κ2) is 6.85. The minimum Gasteiger partial charge on any atom is -0.480 e. The van der Waals surface area contributed by atoms with Gasteiger partial charge in [-0.1, -0.05) is 0 Å². The zero-order valence-corrected chi connectivity index (χ0v) is 11.4. The van der Waals surface area contributed by atoms with Crippen molar-refractivity contribution in [1.29, 1.82) is 0 Å². The van der Waals surface area contributed by atoms with Gasteiger partial charge in [-0.3, -0.25) is 9.59 Å². The van der Waals surface area contributed by atoms with E-state index in [1.54, 1.807) is 29.2 Å². The zero-order valence-electron chi connectivity index (χ0n) is 11.4. The van der Waals surface area contributed by atoms with E-state index in [4.69, 9.17) is 5.11 Å². The summed E-state index contributed by atoms with van der Waals surface area (Å²) < 4.78 is 4.68. The summed E-state index contributed by atoms with van der Waals surface area (Å²) in [5, 5.41) is 11.0. The fraction of sp³-hybridized carbons (Fsp3) is 0.357. The fourth-order valence-corrected chi connectivity index (χ4v) is 2.07. The van der Waals surface area contributed by atoms with Crippen LogP contribution in [-0.4, -0.2) is 42.6 Å². The normalized spacial score (nSPS) is 14.3. The summed E-state index contributed by atoms with van der Waals surface area (Å²) in [7, 11) is 0. The molecule has 0 spiro atoms. The van der Waals surface area contributed by atoms with E-state index >= 15 is 0 Å². The van der Waals surface area contributed by atoms with Crippen LogP contribution in [0.4, 0.5) is 11.4 Å². The monoisotopic (exact) mass is 292 g/mol. The SMILES string of the molecule is O=C(O)COCC(=O)Nc1ccc(N2CCCC2=O)cc1. The molecule has 7 nitrogen and oxygen atoms in total. The maximum atomic E-state index is 11.6. The van der Waals surface area contributed by atoms with Crippen molar-refractivity contribution < 1.29 is 24.2 Å². The molecule has 0 aromatic heterocycles. The molecule has 1 saturated heterocycles. The van der Waals surface area contributed by atoms with Crippen LogP contribution in [0.2, 0.25) is 0 Å². The van der Waals surface area contributed by atoms with Gasteiger partial charge < -0.3 is 20.1 Å². The van der Waals surface area contributed by atoms with Gasteiger partial charge >= 0.3 is 5.97 Å². The Labute approximate surface area is 121 Å². The molecule has 0 saturated carbocycles. The molecule has 1 heterocycles. The van der Waals surface area contributed by atoms with E-state index in [2.05, 4.69) is 10.1 Å². The van der Waals surface area contributed by atoms with Gasteiger partial charge in [-0.2, -0.15) is 0 Å². The molecule has 0 atom stereocenters. The Hall–Kier alpha value is -2.41. The van der Waals surface area contributed by atoms with Crippen molar-refractivity contribution in [1.82, 2.24) is 0 Å². The number of carboxylic acids is 1. The lowest BCUT2D eigenvalue weighted by atomic mass is 10.2. The Morgan fingerprint density at radius 1 is 1.24 bits per heavy atom. The molecule has 1 aromatic carbocycles. The molecule has 112 valence electrons. The number of benzene rings is 1. The minimum atomic E-state index is -1.12. The summed E-state index contributed by atoms with van der Waals surface area (Å²) in [4.78, 5) is 35.0. The molecule has 2 N–H and O–H groups in total. The third kappa shape index (κ3) is 4.28. The van der Waals surface area contributed by atoms with Crippen molar-refractivity contribution >= 4 is 29.2 Å². The highest BCUT2D eigenvalue weighted by atomic mass is 16.5. The minimum absolute atomic E-state index is 0.105. The third-order valence-electron chi connectivity index (χ3n) is 2.99. The lowest BCUT2D eigenvalue weighted by Gasteiger charge is -2.16. The summed E-state index contributed by atoms with van der Waals surface area (Å²) in [5.41, 5.74) is 1.37. The van der Waals surface area contributed by atoms with Gasteiger partial charge in [0.15, 0.2) is 0 Å². The first kappa shape index (κ1) is 15.0. The summed E-state index contributed by atoms with van der Waals surface area (Å²) in [5.74, 6) is -1.45. The molecule has 1 fully saturated rings. The molecule has 1 aliphatic heterocycles. The average molecular weight is 292 g/mol. The lowest BCUT2D eigenvalue weighted by molar-refractivity contribution is -0.143. The highest BCUT2D eigenvalue weighted by Crippen LogP contribution is 2.22. The molecule has 2 amide bonds. The summed E-state index contributed by atoms with van der Waals surface area (Å²) >= 11 is 0. The van der Waals surface area contributed by atoms with Gasteiger partial charge in [0.25, 0.3) is 0 Å². The largest absolute Gasteiger partial charge is 0.480 e. The Bertz CT molecular complexity index is 541. The molecule has 7 heteroatoms. The van der Waals surface area contributed by atoms with E-state index in [9.17, 15) is 14.4 Å². The predicted octanol–water partition coefficient (Wildman–Crippen LogP) is 0.853. The van der Waals surface area contributed by atoms with Crippen LogP contribution in [0.1, 0.15) is 12.8 Å². The molecular formula is C14H16N2O5. The number of rotatable bonds is 6. The molecule has 0 radical (unpaired) electrons. The Morgan fingerprint density at radius 2 is 1.95 bits per heavy atom. The van der Waals surface area contributed by atoms with Crippen LogP contribution in [0, 0.1) is 0 Å². The number of nitrogens with one attached hydrogen (secondary N) is 1. The number of hydrogen-bond donors (Lipinski definition) is 2. The van der Waals surface area contributed by atoms with Crippen LogP contribution in [0.25, 0.3) is 0 Å². The van der Waals surface area contributed by atoms with Crippen LogP contribution in [0.5, 0.6) is 0 Å². The predicted molar refractivity (Wildman–Crippen MR) is 75.1 cm³/mol. The summed E-state index contributed by atoms with van der Waals surface area (Å²) in [6.45, 7) is -0.115. The van der Waals surface area contributed by atoms with Crippen LogP contribution >= 0.6 is 0 Å². The van der Waals surface area contributed by atoms with Crippen LogP contribution in [-0.2, 0) is 19.1 Å². The van der Waals surface area contributed by atoms with Gasteiger partial charge in [0.2, 0.25) is 11.8 Å². The van der Waals surface area contributed by atoms with Crippen molar-refractivity contribution in [3.63, 3.8) is 0 Å². The van der Waals surface area contributed by atoms with E-state index < -0.39 is 18.5 Å². The number of carbonyl (C=O) groups is 3. The first-order valence-electron chi connectivity index (χ1n) is 6.56. The number of carbonyl (C=O) groups excluding carboxylic acids is 2. The van der Waals surface area contributed by atoms with Gasteiger partial charge in [0.1, 0.15) is 13.2 Å². The maximum Gasteiger partial charge on any atom is 0.329 e. The first-order valence-corrected chi connectivity index (χ1v) is 6.56. The Balaban J connectivity index is 1.86. The number of carboxylic acid groups (broad SMARTS) is 1. The van der Waals surface area contributed by atoms with Gasteiger partial charge in [-0.05, 0) is 30.7 Å². The highest BCUT2D eigenvalue weighted by molar-refractivity contribution is 5.96. The molecule has 1 aromatic rings. The van der Waals surface area contributed by atoms with Gasteiger partial charge in [-0.25, -0.2) is 4.79 Å². The Morgan fingerprint density at radius 3 is 2.52 bits per heavy atom. The second-order valence-electron chi connectivity index (χ2n) is 4.63. The standard InChI is InChI=1S/C14H16N2O5/c17-12(8-21-9-14(19)20)15-10-3-5-11(6-4-10)16-7-1-2-13(16)18/h3-6H,1-2,7-9H2,(H,15,17)(H,19,20). The third-order valence-corrected chi connectivity index (χ3v) is 2.99. The van der Waals surface area contributed by atoms with Crippen molar-refractivity contribution in [2.45, 2.75) is 12.8 Å². The first-order chi connectivity index (χ1) is 10.1. The summed E-state index contributed by atoms with van der Waals surface area (Å²) in [6.07, 6.45) is 1.43. The second-order valence-corrected chi connectivity index (χ2v) is 4.63. The van der Waals surface area contributed by atoms with E-state index in [-0.39, 0.29) is 12.5 Å². The van der Waals surface area contributed by atoms with Crippen molar-refractivity contribution in [3.05, 3.63) is 24.3 Å². The maximum absolute atomic E-state index is 11.6. The number of amides is 2. The topological polar surface area (TPSA) is 95.9 Å². The number of ether oxygens (including phenoxy) is 1. The van der Waals surface area contributed by atoms with E-state index in [0.717, 1.165) is 12.1 Å². The van der Waals surface area contributed by atoms with Gasteiger partial charge in [0, 0.05) is 24.3 Å². The van der Waals surface area contributed by atoms with Crippen molar-refractivity contribution in [3.8, 4) is 0 Å². The quantitative estimate of drug-likeness (QED) is 0.810. The highest BCUT2D eigenvalue weighted by Gasteiger charge is 2.21. The van der Waals surface area contributed by atoms with Crippen molar-refractivity contribution in [2.24, 2.45) is 0 Å². The molecule has 0 bridgehead atoms.